The van der Waals surface area contributed by atoms with Gasteiger partial charge in [-0.1, -0.05) is 17.7 Å². The number of hydrogen-bond donors (Lipinski definition) is 2. The summed E-state index contributed by atoms with van der Waals surface area (Å²) in [6.07, 6.45) is 3.48. The minimum Gasteiger partial charge on any atom is -0.484 e. The van der Waals surface area contributed by atoms with Gasteiger partial charge in [0.15, 0.2) is 6.61 Å². The van der Waals surface area contributed by atoms with Crippen molar-refractivity contribution in [2.45, 2.75) is 30.8 Å². The molecule has 1 saturated heterocycles. The molecule has 0 saturated carbocycles. The highest BCUT2D eigenvalue weighted by atomic mass is 32.2. The maximum atomic E-state index is 12.2. The maximum absolute atomic E-state index is 12.2. The Morgan fingerprint density at radius 3 is 2.60 bits per heavy atom. The molecule has 0 spiro atoms. The molecule has 1 fully saturated rings. The number of amides is 1. The van der Waals surface area contributed by atoms with E-state index in [-0.39, 0.29) is 23.5 Å². The lowest BCUT2D eigenvalue weighted by atomic mass is 10.2. The summed E-state index contributed by atoms with van der Waals surface area (Å²) in [5.74, 6) is 0.321. The van der Waals surface area contributed by atoms with Crippen molar-refractivity contribution in [1.82, 2.24) is 10.1 Å². The molecule has 160 valence electrons. The number of nitrogens with one attached hydrogen (secondary N) is 2. The molecule has 1 aliphatic rings. The van der Waals surface area contributed by atoms with E-state index in [0.29, 0.717) is 17.9 Å². The fraction of sp³-hybridized carbons (Fsp3) is 0.333. The van der Waals surface area contributed by atoms with Crippen LogP contribution in [-0.4, -0.2) is 46.4 Å². The van der Waals surface area contributed by atoms with E-state index in [2.05, 4.69) is 15.2 Å². The first-order valence-electron chi connectivity index (χ1n) is 9.65. The van der Waals surface area contributed by atoms with Crippen LogP contribution in [0.4, 0.5) is 0 Å². The molecule has 1 aliphatic heterocycles. The predicted octanol–water partition coefficient (Wildman–Crippen LogP) is 1.98. The van der Waals surface area contributed by atoms with Crippen LogP contribution in [0.5, 0.6) is 5.75 Å². The number of carbonyl (C=O) groups excluding carboxylic acids is 1. The Hall–Kier alpha value is -2.91. The molecule has 2 N–H and O–H groups in total. The molecule has 1 heterocycles. The third kappa shape index (κ3) is 6.57. The molecule has 1 amide bonds. The van der Waals surface area contributed by atoms with E-state index >= 15 is 0 Å². The first-order valence-corrected chi connectivity index (χ1v) is 11.1. The SMILES string of the molecule is Cc1ccc(S(=O)(=O)NN=Cc2ccc(OCC(=O)NCC3CCCO3)cc2)cc1. The molecular formula is C21H25N3O5S. The molecule has 1 unspecified atom stereocenters. The fourth-order valence-corrected chi connectivity index (χ4v) is 3.61. The standard InChI is InChI=1S/C21H25N3O5S/c1-16-4-10-20(11-5-16)30(26,27)24-23-13-17-6-8-18(9-7-17)29-15-21(25)22-14-19-3-2-12-28-19/h4-11,13,19,24H,2-3,12,14-15H2,1H3,(H,22,25). The minimum atomic E-state index is -3.71. The topological polar surface area (TPSA) is 106 Å². The largest absolute Gasteiger partial charge is 0.484 e. The zero-order chi connectivity index (χ0) is 21.4. The Balaban J connectivity index is 1.44. The number of sulfonamides is 1. The molecule has 2 aromatic rings. The summed E-state index contributed by atoms with van der Waals surface area (Å²) in [7, 11) is -3.71. The van der Waals surface area contributed by atoms with E-state index in [0.717, 1.165) is 25.0 Å². The number of rotatable bonds is 9. The van der Waals surface area contributed by atoms with Crippen LogP contribution in [0.25, 0.3) is 0 Å². The van der Waals surface area contributed by atoms with Gasteiger partial charge in [-0.05, 0) is 61.7 Å². The van der Waals surface area contributed by atoms with Crippen molar-refractivity contribution in [3.05, 3.63) is 59.7 Å². The second kappa shape index (κ2) is 10.2. The zero-order valence-corrected chi connectivity index (χ0v) is 17.5. The molecule has 2 aromatic carbocycles. The van der Waals surface area contributed by atoms with Gasteiger partial charge in [-0.2, -0.15) is 13.5 Å². The van der Waals surface area contributed by atoms with Crippen LogP contribution < -0.4 is 14.9 Å². The molecule has 0 aromatic heterocycles. The molecule has 0 bridgehead atoms. The zero-order valence-electron chi connectivity index (χ0n) is 16.7. The van der Waals surface area contributed by atoms with Gasteiger partial charge in [-0.25, -0.2) is 4.83 Å². The van der Waals surface area contributed by atoms with Gasteiger partial charge in [0.1, 0.15) is 5.75 Å². The van der Waals surface area contributed by atoms with E-state index in [1.54, 1.807) is 36.4 Å². The maximum Gasteiger partial charge on any atom is 0.276 e. The monoisotopic (exact) mass is 431 g/mol. The Bertz CT molecular complexity index is 967. The number of benzene rings is 2. The summed E-state index contributed by atoms with van der Waals surface area (Å²) >= 11 is 0. The Morgan fingerprint density at radius 1 is 1.20 bits per heavy atom. The van der Waals surface area contributed by atoms with Crippen LogP contribution in [-0.2, 0) is 19.6 Å². The lowest BCUT2D eigenvalue weighted by Crippen LogP contribution is -2.35. The van der Waals surface area contributed by atoms with Crippen LogP contribution in [0.2, 0.25) is 0 Å². The van der Waals surface area contributed by atoms with E-state index in [1.807, 2.05) is 6.92 Å². The van der Waals surface area contributed by atoms with Gasteiger partial charge in [-0.3, -0.25) is 4.79 Å². The fourth-order valence-electron chi connectivity index (χ4n) is 2.82. The molecule has 3 rings (SSSR count). The van der Waals surface area contributed by atoms with Gasteiger partial charge in [0.2, 0.25) is 0 Å². The van der Waals surface area contributed by atoms with Crippen LogP contribution in [0.15, 0.2) is 58.5 Å². The van der Waals surface area contributed by atoms with Gasteiger partial charge in [0.05, 0.1) is 17.2 Å². The van der Waals surface area contributed by atoms with Crippen LogP contribution in [0.3, 0.4) is 0 Å². The van der Waals surface area contributed by atoms with E-state index in [9.17, 15) is 13.2 Å². The quantitative estimate of drug-likeness (QED) is 0.467. The van der Waals surface area contributed by atoms with Crippen molar-refractivity contribution in [2.24, 2.45) is 5.10 Å². The van der Waals surface area contributed by atoms with Gasteiger partial charge in [0.25, 0.3) is 15.9 Å². The van der Waals surface area contributed by atoms with Crippen molar-refractivity contribution in [3.8, 4) is 5.75 Å². The normalized spacial score (nSPS) is 16.5. The van der Waals surface area contributed by atoms with Gasteiger partial charge < -0.3 is 14.8 Å². The first kappa shape index (κ1) is 21.8. The number of hydrogen-bond acceptors (Lipinski definition) is 6. The number of hydrazone groups is 1. The van der Waals surface area contributed by atoms with Crippen molar-refractivity contribution in [3.63, 3.8) is 0 Å². The van der Waals surface area contributed by atoms with Crippen LogP contribution >= 0.6 is 0 Å². The second-order valence-corrected chi connectivity index (χ2v) is 8.62. The molecular weight excluding hydrogens is 406 g/mol. The molecule has 8 nitrogen and oxygen atoms in total. The van der Waals surface area contributed by atoms with Crippen molar-refractivity contribution in [2.75, 3.05) is 19.8 Å². The van der Waals surface area contributed by atoms with E-state index < -0.39 is 10.0 Å². The highest BCUT2D eigenvalue weighted by Crippen LogP contribution is 2.13. The van der Waals surface area contributed by atoms with Crippen molar-refractivity contribution >= 4 is 22.1 Å². The number of carbonyl (C=O) groups is 1. The van der Waals surface area contributed by atoms with Crippen molar-refractivity contribution in [1.29, 1.82) is 0 Å². The summed E-state index contributed by atoms with van der Waals surface area (Å²) < 4.78 is 35.3. The summed E-state index contributed by atoms with van der Waals surface area (Å²) in [4.78, 5) is 14.2. The second-order valence-electron chi connectivity index (χ2n) is 6.96. The lowest BCUT2D eigenvalue weighted by molar-refractivity contribution is -0.123. The molecule has 30 heavy (non-hydrogen) atoms. The molecule has 0 aliphatic carbocycles. The lowest BCUT2D eigenvalue weighted by Gasteiger charge is -2.11. The average molecular weight is 432 g/mol. The highest BCUT2D eigenvalue weighted by Gasteiger charge is 2.16. The number of ether oxygens (including phenoxy) is 2. The number of aryl methyl sites for hydroxylation is 1. The van der Waals surface area contributed by atoms with Gasteiger partial charge in [0, 0.05) is 13.2 Å². The van der Waals surface area contributed by atoms with E-state index in [1.165, 1.54) is 18.3 Å². The third-order valence-corrected chi connectivity index (χ3v) is 5.76. The Kier molecular flexibility index (Phi) is 7.42. The van der Waals surface area contributed by atoms with Gasteiger partial charge >= 0.3 is 0 Å². The average Bonchev–Trinajstić information content (AvgIpc) is 3.25. The van der Waals surface area contributed by atoms with Crippen LogP contribution in [0.1, 0.15) is 24.0 Å². The summed E-state index contributed by atoms with van der Waals surface area (Å²) in [5, 5.41) is 6.59. The smallest absolute Gasteiger partial charge is 0.276 e. The highest BCUT2D eigenvalue weighted by molar-refractivity contribution is 7.89. The minimum absolute atomic E-state index is 0.0868. The van der Waals surface area contributed by atoms with E-state index in [4.69, 9.17) is 9.47 Å². The number of nitrogens with zero attached hydrogens (tertiary/aromatic N) is 1. The van der Waals surface area contributed by atoms with Gasteiger partial charge in [-0.15, -0.1) is 0 Å². The molecule has 1 atom stereocenters. The Morgan fingerprint density at radius 2 is 1.93 bits per heavy atom. The first-order chi connectivity index (χ1) is 14.4. The molecule has 9 heteroatoms. The summed E-state index contributed by atoms with van der Waals surface area (Å²) in [6.45, 7) is 3.04. The third-order valence-electron chi connectivity index (χ3n) is 4.52. The Labute approximate surface area is 176 Å². The molecule has 0 radical (unpaired) electrons. The summed E-state index contributed by atoms with van der Waals surface area (Å²) in [6, 6.07) is 13.3. The van der Waals surface area contributed by atoms with Crippen LogP contribution in [0, 0.1) is 6.92 Å². The van der Waals surface area contributed by atoms with Crippen molar-refractivity contribution < 1.29 is 22.7 Å². The summed E-state index contributed by atoms with van der Waals surface area (Å²) in [5.41, 5.74) is 1.65. The predicted molar refractivity (Wildman–Crippen MR) is 113 cm³/mol.